The van der Waals surface area contributed by atoms with Gasteiger partial charge in [0, 0.05) is 7.11 Å². The molecule has 0 saturated carbocycles. The third kappa shape index (κ3) is 5.87. The van der Waals surface area contributed by atoms with Crippen molar-refractivity contribution in [3.05, 3.63) is 0 Å². The highest BCUT2D eigenvalue weighted by atomic mass is 32.2. The lowest BCUT2D eigenvalue weighted by atomic mass is 10.8. The van der Waals surface area contributed by atoms with Gasteiger partial charge in [-0.25, -0.2) is 0 Å². The van der Waals surface area contributed by atoms with Crippen LogP contribution in [0.3, 0.4) is 0 Å². The summed E-state index contributed by atoms with van der Waals surface area (Å²) in [7, 11) is 1.63. The zero-order valence-corrected chi connectivity index (χ0v) is 5.34. The lowest BCUT2D eigenvalue weighted by Gasteiger charge is -1.79. The molecule has 0 aromatic rings. The van der Waals surface area contributed by atoms with Crippen LogP contribution in [0.2, 0.25) is 0 Å². The van der Waals surface area contributed by atoms with Crippen LogP contribution < -0.4 is 0 Å². The molecule has 1 nitrogen and oxygen atoms in total. The van der Waals surface area contributed by atoms with Crippen molar-refractivity contribution in [2.75, 3.05) is 20.0 Å². The van der Waals surface area contributed by atoms with Gasteiger partial charge in [0.05, 0.1) is 0 Å². The molecule has 0 amide bonds. The monoisotopic (exact) mass is 116 g/mol. The molecular weight excluding hydrogens is 108 g/mol. The van der Waals surface area contributed by atoms with Gasteiger partial charge in [-0.05, 0) is 11.5 Å². The van der Waals surface area contributed by atoms with Crippen molar-refractivity contribution in [2.45, 2.75) is 0 Å². The minimum atomic E-state index is 0.542. The summed E-state index contributed by atoms with van der Waals surface area (Å²) in [5.41, 5.74) is 0. The predicted octanol–water partition coefficient (Wildman–Crippen LogP) is 0.957. The van der Waals surface area contributed by atoms with Crippen molar-refractivity contribution in [1.29, 1.82) is 0 Å². The maximum Gasteiger partial charge on any atom is 0.108 e. The molecule has 0 spiro atoms. The van der Waals surface area contributed by atoms with E-state index < -0.39 is 0 Å². The molecule has 7 heavy (non-hydrogen) atoms. The molecule has 0 bridgehead atoms. The third-order valence-electron chi connectivity index (χ3n) is 0.391. The average molecular weight is 116 g/mol. The molecule has 0 rings (SSSR count). The smallest absolute Gasteiger partial charge is 0.108 e. The molecule has 0 aliphatic carbocycles. The number of hydrogen-bond donors (Lipinski definition) is 0. The van der Waals surface area contributed by atoms with Gasteiger partial charge in [-0.2, -0.15) is 0 Å². The Labute approximate surface area is 48.4 Å². The van der Waals surface area contributed by atoms with Gasteiger partial charge in [0.1, 0.15) is 6.61 Å². The van der Waals surface area contributed by atoms with Crippen LogP contribution >= 0.6 is 11.8 Å². The zero-order chi connectivity index (χ0) is 5.54. The van der Waals surface area contributed by atoms with E-state index in [9.17, 15) is 0 Å². The van der Waals surface area contributed by atoms with Crippen LogP contribution in [0, 0.1) is 11.2 Å². The van der Waals surface area contributed by atoms with E-state index in [4.69, 9.17) is 0 Å². The van der Waals surface area contributed by atoms with Crippen LogP contribution in [0.5, 0.6) is 0 Å². The zero-order valence-electron chi connectivity index (χ0n) is 4.52. The predicted molar refractivity (Wildman–Crippen MR) is 33.2 cm³/mol. The fourth-order valence-electron chi connectivity index (χ4n) is 0.174. The summed E-state index contributed by atoms with van der Waals surface area (Å²) in [4.78, 5) is 0. The van der Waals surface area contributed by atoms with Crippen LogP contribution in [-0.2, 0) is 4.74 Å². The first kappa shape index (κ1) is 6.87. The van der Waals surface area contributed by atoms with Gasteiger partial charge in [-0.3, -0.25) is 0 Å². The van der Waals surface area contributed by atoms with Crippen LogP contribution in [0.15, 0.2) is 0 Å². The fourth-order valence-corrected chi connectivity index (χ4v) is 0.377. The van der Waals surface area contributed by atoms with Crippen LogP contribution in [0.1, 0.15) is 0 Å². The first-order valence-electron chi connectivity index (χ1n) is 1.91. The Kier molecular flexibility index (Phi) is 5.76. The molecule has 0 aliphatic heterocycles. The molecule has 2 heteroatoms. The Bertz CT molecular complexity index is 79.8. The third-order valence-corrected chi connectivity index (χ3v) is 0.739. The second-order valence-electron chi connectivity index (χ2n) is 0.916. The van der Waals surface area contributed by atoms with E-state index in [0.717, 1.165) is 0 Å². The van der Waals surface area contributed by atoms with Gasteiger partial charge >= 0.3 is 0 Å². The largest absolute Gasteiger partial charge is 0.372 e. The summed E-state index contributed by atoms with van der Waals surface area (Å²) in [6.07, 6.45) is 1.93. The maximum atomic E-state index is 4.66. The topological polar surface area (TPSA) is 9.23 Å². The standard InChI is InChI=1S/C5H8OS/c1-6-4-3-5-7-2/h4H2,1-2H3. The quantitative estimate of drug-likeness (QED) is 0.472. The van der Waals surface area contributed by atoms with E-state index >= 15 is 0 Å². The Balaban J connectivity index is 2.91. The lowest BCUT2D eigenvalue weighted by Crippen LogP contribution is -1.78. The molecule has 0 aromatic carbocycles. The van der Waals surface area contributed by atoms with Gasteiger partial charge in [0.2, 0.25) is 0 Å². The van der Waals surface area contributed by atoms with E-state index in [2.05, 4.69) is 15.9 Å². The minimum Gasteiger partial charge on any atom is -0.372 e. The van der Waals surface area contributed by atoms with Crippen molar-refractivity contribution in [3.8, 4) is 11.2 Å². The van der Waals surface area contributed by atoms with E-state index in [1.807, 2.05) is 6.26 Å². The fraction of sp³-hybridized carbons (Fsp3) is 0.600. The van der Waals surface area contributed by atoms with Crippen molar-refractivity contribution in [1.82, 2.24) is 0 Å². The number of ether oxygens (including phenoxy) is 1. The molecule has 0 aromatic heterocycles. The van der Waals surface area contributed by atoms with Crippen molar-refractivity contribution < 1.29 is 4.74 Å². The normalized spacial score (nSPS) is 7.14. The number of thioether (sulfide) groups is 1. The molecular formula is C5H8OS. The first-order chi connectivity index (χ1) is 3.41. The van der Waals surface area contributed by atoms with E-state index in [0.29, 0.717) is 6.61 Å². The Morgan fingerprint density at radius 2 is 2.43 bits per heavy atom. The molecule has 0 atom stereocenters. The molecule has 0 radical (unpaired) electrons. The molecule has 0 heterocycles. The Hall–Kier alpha value is -0.130. The van der Waals surface area contributed by atoms with Crippen molar-refractivity contribution in [3.63, 3.8) is 0 Å². The van der Waals surface area contributed by atoms with Gasteiger partial charge in [-0.1, -0.05) is 17.7 Å². The maximum absolute atomic E-state index is 4.66. The Morgan fingerprint density at radius 3 is 2.86 bits per heavy atom. The number of rotatable bonds is 1. The highest BCUT2D eigenvalue weighted by molar-refractivity contribution is 8.03. The summed E-state index contributed by atoms with van der Waals surface area (Å²) < 4.78 is 4.66. The average Bonchev–Trinajstić information content (AvgIpc) is 1.69. The molecule has 0 saturated heterocycles. The van der Waals surface area contributed by atoms with Gasteiger partial charge < -0.3 is 4.74 Å². The summed E-state index contributed by atoms with van der Waals surface area (Å²) in [5.74, 6) is 2.78. The molecule has 0 unspecified atom stereocenters. The Morgan fingerprint density at radius 1 is 1.71 bits per heavy atom. The van der Waals surface area contributed by atoms with Crippen LogP contribution in [-0.4, -0.2) is 20.0 Å². The van der Waals surface area contributed by atoms with Gasteiger partial charge in [0.15, 0.2) is 0 Å². The second-order valence-corrected chi connectivity index (χ2v) is 1.53. The lowest BCUT2D eigenvalue weighted by molar-refractivity contribution is 0.240. The van der Waals surface area contributed by atoms with Gasteiger partial charge in [0.25, 0.3) is 0 Å². The summed E-state index contributed by atoms with van der Waals surface area (Å²) >= 11 is 1.50. The SMILES string of the molecule is COCC#CSC. The first-order valence-corrected chi connectivity index (χ1v) is 3.14. The molecule has 40 valence electrons. The van der Waals surface area contributed by atoms with E-state index in [1.54, 1.807) is 7.11 Å². The summed E-state index contributed by atoms with van der Waals surface area (Å²) in [5, 5.41) is 2.79. The van der Waals surface area contributed by atoms with E-state index in [1.165, 1.54) is 11.8 Å². The molecule has 0 aliphatic rings. The summed E-state index contributed by atoms with van der Waals surface area (Å²) in [6.45, 7) is 0.542. The van der Waals surface area contributed by atoms with Crippen molar-refractivity contribution >= 4 is 11.8 Å². The summed E-state index contributed by atoms with van der Waals surface area (Å²) in [6, 6.07) is 0. The van der Waals surface area contributed by atoms with Crippen LogP contribution in [0.25, 0.3) is 0 Å². The number of hydrogen-bond acceptors (Lipinski definition) is 2. The molecule has 0 N–H and O–H groups in total. The van der Waals surface area contributed by atoms with Gasteiger partial charge in [-0.15, -0.1) is 0 Å². The number of methoxy groups -OCH3 is 1. The second kappa shape index (κ2) is 5.87. The minimum absolute atomic E-state index is 0.542. The highest BCUT2D eigenvalue weighted by Crippen LogP contribution is 1.82. The molecule has 0 fully saturated rings. The highest BCUT2D eigenvalue weighted by Gasteiger charge is 1.64. The van der Waals surface area contributed by atoms with Crippen molar-refractivity contribution in [2.24, 2.45) is 0 Å². The van der Waals surface area contributed by atoms with Crippen LogP contribution in [0.4, 0.5) is 0 Å². The van der Waals surface area contributed by atoms with E-state index in [-0.39, 0.29) is 0 Å².